The van der Waals surface area contributed by atoms with Gasteiger partial charge in [-0.2, -0.15) is 0 Å². The molecule has 6 nitrogen and oxygen atoms in total. The first kappa shape index (κ1) is 15.5. The van der Waals surface area contributed by atoms with E-state index in [1.807, 2.05) is 0 Å². The number of carboxylic acids is 1. The Balaban J connectivity index is 2.38. The molecule has 6 heteroatoms. The molecular formula is C13H22N2O4. The highest BCUT2D eigenvalue weighted by atomic mass is 16.4. The Hall–Kier alpha value is -1.59. The van der Waals surface area contributed by atoms with E-state index in [4.69, 9.17) is 5.11 Å². The molecule has 0 unspecified atom stereocenters. The summed E-state index contributed by atoms with van der Waals surface area (Å²) in [6.45, 7) is 0. The first-order chi connectivity index (χ1) is 9.00. The fraction of sp³-hybridized carbons (Fsp3) is 0.769. The SMILES string of the molecule is CN(C(=O)NC(=O)CCC(=O)O)C1CCCCCC1. The molecule has 1 saturated carbocycles. The van der Waals surface area contributed by atoms with Gasteiger partial charge in [-0.15, -0.1) is 0 Å². The third-order valence-electron chi connectivity index (χ3n) is 3.51. The molecule has 0 spiro atoms. The van der Waals surface area contributed by atoms with Crippen LogP contribution in [-0.2, 0) is 9.59 Å². The number of carboxylic acid groups (broad SMARTS) is 1. The lowest BCUT2D eigenvalue weighted by atomic mass is 10.1. The quantitative estimate of drug-likeness (QED) is 0.762. The normalized spacial score (nSPS) is 16.5. The van der Waals surface area contributed by atoms with Gasteiger partial charge in [-0.1, -0.05) is 25.7 Å². The Bertz CT molecular complexity index is 336. The van der Waals surface area contributed by atoms with Crippen molar-refractivity contribution in [3.05, 3.63) is 0 Å². The summed E-state index contributed by atoms with van der Waals surface area (Å²) in [6.07, 6.45) is 6.11. The number of carbonyl (C=O) groups is 3. The summed E-state index contributed by atoms with van der Waals surface area (Å²) in [5.41, 5.74) is 0. The molecule has 3 amide bonds. The number of imide groups is 1. The average Bonchev–Trinajstić information content (AvgIpc) is 2.64. The van der Waals surface area contributed by atoms with Crippen molar-refractivity contribution in [3.8, 4) is 0 Å². The average molecular weight is 270 g/mol. The lowest BCUT2D eigenvalue weighted by Crippen LogP contribution is -2.45. The molecule has 0 aromatic carbocycles. The van der Waals surface area contributed by atoms with Gasteiger partial charge in [-0.3, -0.25) is 14.9 Å². The molecule has 0 aromatic heterocycles. The molecule has 1 aliphatic rings. The van der Waals surface area contributed by atoms with Crippen molar-refractivity contribution in [2.45, 2.75) is 57.4 Å². The van der Waals surface area contributed by atoms with Crippen LogP contribution in [0.25, 0.3) is 0 Å². The molecule has 0 atom stereocenters. The van der Waals surface area contributed by atoms with Gasteiger partial charge in [0.25, 0.3) is 0 Å². The summed E-state index contributed by atoms with van der Waals surface area (Å²) in [5.74, 6) is -1.58. The van der Waals surface area contributed by atoms with Gasteiger partial charge in [-0.05, 0) is 12.8 Å². The molecular weight excluding hydrogens is 248 g/mol. The molecule has 0 radical (unpaired) electrons. The third-order valence-corrected chi connectivity index (χ3v) is 3.51. The van der Waals surface area contributed by atoms with E-state index in [9.17, 15) is 14.4 Å². The molecule has 108 valence electrons. The smallest absolute Gasteiger partial charge is 0.324 e. The Labute approximate surface area is 113 Å². The first-order valence-corrected chi connectivity index (χ1v) is 6.79. The monoisotopic (exact) mass is 270 g/mol. The Morgan fingerprint density at radius 3 is 2.21 bits per heavy atom. The van der Waals surface area contributed by atoms with Crippen LogP contribution in [0, 0.1) is 0 Å². The zero-order chi connectivity index (χ0) is 14.3. The van der Waals surface area contributed by atoms with Gasteiger partial charge in [0.15, 0.2) is 0 Å². The number of nitrogens with zero attached hydrogens (tertiary/aromatic N) is 1. The summed E-state index contributed by atoms with van der Waals surface area (Å²) < 4.78 is 0. The van der Waals surface area contributed by atoms with E-state index < -0.39 is 17.9 Å². The molecule has 0 heterocycles. The van der Waals surface area contributed by atoms with E-state index in [1.165, 1.54) is 12.8 Å². The molecule has 0 bridgehead atoms. The standard InChI is InChI=1S/C13H22N2O4/c1-15(10-6-4-2-3-5-7-10)13(19)14-11(16)8-9-12(17)18/h10H,2-9H2,1H3,(H,17,18)(H,14,16,19). The van der Waals surface area contributed by atoms with Crippen LogP contribution in [0.2, 0.25) is 0 Å². The van der Waals surface area contributed by atoms with Crippen LogP contribution >= 0.6 is 0 Å². The van der Waals surface area contributed by atoms with Gasteiger partial charge in [0.2, 0.25) is 5.91 Å². The third kappa shape index (κ3) is 5.72. The number of aliphatic carboxylic acids is 1. The fourth-order valence-corrected chi connectivity index (χ4v) is 2.30. The van der Waals surface area contributed by atoms with E-state index in [0.717, 1.165) is 25.7 Å². The van der Waals surface area contributed by atoms with Crippen LogP contribution in [0.4, 0.5) is 4.79 Å². The maximum atomic E-state index is 11.9. The van der Waals surface area contributed by atoms with Crippen LogP contribution in [0.5, 0.6) is 0 Å². The van der Waals surface area contributed by atoms with Crippen molar-refractivity contribution in [2.24, 2.45) is 0 Å². The summed E-state index contributed by atoms with van der Waals surface area (Å²) in [4.78, 5) is 35.2. The number of carbonyl (C=O) groups excluding carboxylic acids is 2. The van der Waals surface area contributed by atoms with Gasteiger partial charge in [0.1, 0.15) is 0 Å². The highest BCUT2D eigenvalue weighted by molar-refractivity contribution is 5.95. The van der Waals surface area contributed by atoms with Gasteiger partial charge in [0, 0.05) is 19.5 Å². The van der Waals surface area contributed by atoms with E-state index in [-0.39, 0.29) is 18.9 Å². The number of rotatable bonds is 4. The van der Waals surface area contributed by atoms with Crippen molar-refractivity contribution in [3.63, 3.8) is 0 Å². The molecule has 0 aliphatic heterocycles. The number of urea groups is 1. The van der Waals surface area contributed by atoms with Crippen LogP contribution in [0.15, 0.2) is 0 Å². The first-order valence-electron chi connectivity index (χ1n) is 6.79. The summed E-state index contributed by atoms with van der Waals surface area (Å²) in [5, 5.41) is 10.7. The maximum absolute atomic E-state index is 11.9. The number of amides is 3. The molecule has 1 fully saturated rings. The minimum atomic E-state index is -1.04. The van der Waals surface area contributed by atoms with E-state index >= 15 is 0 Å². The summed E-state index contributed by atoms with van der Waals surface area (Å²) in [6, 6.07) is -0.253. The van der Waals surface area contributed by atoms with Crippen molar-refractivity contribution >= 4 is 17.9 Å². The molecule has 2 N–H and O–H groups in total. The Morgan fingerprint density at radius 1 is 1.11 bits per heavy atom. The van der Waals surface area contributed by atoms with Crippen molar-refractivity contribution in [1.82, 2.24) is 10.2 Å². The minimum absolute atomic E-state index is 0.167. The Morgan fingerprint density at radius 2 is 1.68 bits per heavy atom. The van der Waals surface area contributed by atoms with Gasteiger partial charge < -0.3 is 10.0 Å². The van der Waals surface area contributed by atoms with E-state index in [1.54, 1.807) is 11.9 Å². The second-order valence-electron chi connectivity index (χ2n) is 5.00. The second-order valence-corrected chi connectivity index (χ2v) is 5.00. The highest BCUT2D eigenvalue weighted by Gasteiger charge is 2.22. The van der Waals surface area contributed by atoms with Crippen LogP contribution in [-0.4, -0.2) is 41.0 Å². The zero-order valence-electron chi connectivity index (χ0n) is 11.4. The lowest BCUT2D eigenvalue weighted by molar-refractivity contribution is -0.138. The highest BCUT2D eigenvalue weighted by Crippen LogP contribution is 2.20. The van der Waals surface area contributed by atoms with Gasteiger partial charge in [-0.25, -0.2) is 4.79 Å². The molecule has 0 aromatic rings. The molecule has 1 rings (SSSR count). The number of hydrogen-bond acceptors (Lipinski definition) is 3. The lowest BCUT2D eigenvalue weighted by Gasteiger charge is -2.27. The number of hydrogen-bond donors (Lipinski definition) is 2. The summed E-state index contributed by atoms with van der Waals surface area (Å²) in [7, 11) is 1.69. The summed E-state index contributed by atoms with van der Waals surface area (Å²) >= 11 is 0. The van der Waals surface area contributed by atoms with Crippen LogP contribution in [0.3, 0.4) is 0 Å². The Kier molecular flexibility index (Phi) is 6.32. The predicted molar refractivity (Wildman–Crippen MR) is 69.7 cm³/mol. The topological polar surface area (TPSA) is 86.7 Å². The molecule has 0 saturated heterocycles. The minimum Gasteiger partial charge on any atom is -0.481 e. The zero-order valence-corrected chi connectivity index (χ0v) is 11.4. The van der Waals surface area contributed by atoms with Crippen molar-refractivity contribution in [1.29, 1.82) is 0 Å². The fourth-order valence-electron chi connectivity index (χ4n) is 2.30. The maximum Gasteiger partial charge on any atom is 0.324 e. The van der Waals surface area contributed by atoms with E-state index in [0.29, 0.717) is 0 Å². The largest absolute Gasteiger partial charge is 0.481 e. The van der Waals surface area contributed by atoms with Crippen molar-refractivity contribution in [2.75, 3.05) is 7.05 Å². The van der Waals surface area contributed by atoms with Crippen molar-refractivity contribution < 1.29 is 19.5 Å². The predicted octanol–water partition coefficient (Wildman–Crippen LogP) is 1.74. The molecule has 19 heavy (non-hydrogen) atoms. The second kappa shape index (κ2) is 7.76. The van der Waals surface area contributed by atoms with Gasteiger partial charge >= 0.3 is 12.0 Å². The van der Waals surface area contributed by atoms with Crippen LogP contribution < -0.4 is 5.32 Å². The molecule has 1 aliphatic carbocycles. The van der Waals surface area contributed by atoms with Gasteiger partial charge in [0.05, 0.1) is 6.42 Å². The van der Waals surface area contributed by atoms with Crippen LogP contribution in [0.1, 0.15) is 51.4 Å². The number of nitrogens with one attached hydrogen (secondary N) is 1. The van der Waals surface area contributed by atoms with E-state index in [2.05, 4.69) is 5.32 Å².